The maximum absolute atomic E-state index is 12.4. The summed E-state index contributed by atoms with van der Waals surface area (Å²) in [6.07, 6.45) is 0.960. The summed E-state index contributed by atoms with van der Waals surface area (Å²) < 4.78 is 0. The van der Waals surface area contributed by atoms with Crippen LogP contribution in [0.3, 0.4) is 0 Å². The molecule has 1 fully saturated rings. The van der Waals surface area contributed by atoms with Crippen LogP contribution in [0.2, 0.25) is 0 Å². The van der Waals surface area contributed by atoms with Crippen LogP contribution in [0.4, 0.5) is 0 Å². The lowest BCUT2D eigenvalue weighted by atomic mass is 9.85. The van der Waals surface area contributed by atoms with Crippen LogP contribution in [0.15, 0.2) is 30.3 Å². The summed E-state index contributed by atoms with van der Waals surface area (Å²) in [5, 5.41) is 0. The number of benzene rings is 1. The molecule has 3 heteroatoms. The van der Waals surface area contributed by atoms with E-state index in [9.17, 15) is 4.79 Å². The lowest BCUT2D eigenvalue weighted by Crippen LogP contribution is -2.51. The highest BCUT2D eigenvalue weighted by Crippen LogP contribution is 2.28. The van der Waals surface area contributed by atoms with Crippen molar-refractivity contribution in [3.63, 3.8) is 0 Å². The molecule has 1 aromatic carbocycles. The van der Waals surface area contributed by atoms with Gasteiger partial charge in [-0.1, -0.05) is 51.1 Å². The van der Waals surface area contributed by atoms with E-state index in [1.807, 2.05) is 17.9 Å². The molecule has 0 radical (unpaired) electrons. The highest BCUT2D eigenvalue weighted by Gasteiger charge is 2.32. The largest absolute Gasteiger partial charge is 0.341 e. The normalized spacial score (nSPS) is 24.8. The molecule has 2 N–H and O–H groups in total. The Labute approximate surface area is 122 Å². The van der Waals surface area contributed by atoms with Crippen molar-refractivity contribution in [1.82, 2.24) is 4.90 Å². The first-order chi connectivity index (χ1) is 9.50. The summed E-state index contributed by atoms with van der Waals surface area (Å²) in [6.45, 7) is 7.71. The number of hydrogen-bond donors (Lipinski definition) is 1. The monoisotopic (exact) mass is 274 g/mol. The number of carbonyl (C=O) groups is 1. The zero-order chi connectivity index (χ0) is 14.7. The van der Waals surface area contributed by atoms with Gasteiger partial charge in [-0.25, -0.2) is 0 Å². The molecule has 0 spiro atoms. The van der Waals surface area contributed by atoms with Crippen LogP contribution < -0.4 is 5.73 Å². The maximum Gasteiger partial charge on any atom is 0.225 e. The Morgan fingerprint density at radius 2 is 1.90 bits per heavy atom. The minimum Gasteiger partial charge on any atom is -0.341 e. The fraction of sp³-hybridized carbons (Fsp3) is 0.588. The molecular formula is C17H26N2O. The van der Waals surface area contributed by atoms with E-state index in [0.29, 0.717) is 18.4 Å². The van der Waals surface area contributed by atoms with Gasteiger partial charge in [-0.15, -0.1) is 0 Å². The lowest BCUT2D eigenvalue weighted by Gasteiger charge is -2.38. The van der Waals surface area contributed by atoms with E-state index < -0.39 is 0 Å². The van der Waals surface area contributed by atoms with Crippen molar-refractivity contribution >= 4 is 5.91 Å². The van der Waals surface area contributed by atoms with Gasteiger partial charge >= 0.3 is 0 Å². The van der Waals surface area contributed by atoms with Crippen molar-refractivity contribution in [3.8, 4) is 0 Å². The number of rotatable bonds is 3. The van der Waals surface area contributed by atoms with E-state index in [1.54, 1.807) is 0 Å². The molecule has 0 aromatic heterocycles. The smallest absolute Gasteiger partial charge is 0.225 e. The van der Waals surface area contributed by atoms with Crippen molar-refractivity contribution < 1.29 is 4.79 Å². The Hall–Kier alpha value is -1.35. The number of nitrogens with zero attached hydrogens (tertiary/aromatic N) is 1. The zero-order valence-corrected chi connectivity index (χ0v) is 12.8. The van der Waals surface area contributed by atoms with Crippen LogP contribution in [0.1, 0.15) is 38.7 Å². The van der Waals surface area contributed by atoms with Crippen molar-refractivity contribution in [2.45, 2.75) is 39.2 Å². The van der Waals surface area contributed by atoms with Crippen molar-refractivity contribution in [3.05, 3.63) is 35.9 Å². The number of nitrogens with two attached hydrogens (primary N) is 1. The summed E-state index contributed by atoms with van der Waals surface area (Å²) in [7, 11) is 0. The van der Waals surface area contributed by atoms with Gasteiger partial charge in [0.05, 0.1) is 0 Å². The van der Waals surface area contributed by atoms with Crippen LogP contribution in [0.25, 0.3) is 0 Å². The van der Waals surface area contributed by atoms with Crippen LogP contribution >= 0.6 is 0 Å². The van der Waals surface area contributed by atoms with E-state index in [2.05, 4.69) is 38.1 Å². The molecule has 20 heavy (non-hydrogen) atoms. The van der Waals surface area contributed by atoms with Crippen molar-refractivity contribution in [1.29, 1.82) is 0 Å². The molecule has 1 amide bonds. The third-order valence-corrected chi connectivity index (χ3v) is 4.59. The van der Waals surface area contributed by atoms with Gasteiger partial charge in [0.15, 0.2) is 0 Å². The average molecular weight is 274 g/mol. The topological polar surface area (TPSA) is 46.3 Å². The minimum atomic E-state index is 0.0365. The Kier molecular flexibility index (Phi) is 4.81. The molecule has 1 aliphatic rings. The summed E-state index contributed by atoms with van der Waals surface area (Å²) >= 11 is 0. The molecule has 1 aliphatic heterocycles. The predicted molar refractivity (Wildman–Crippen MR) is 82.4 cm³/mol. The molecule has 3 atom stereocenters. The Bertz CT molecular complexity index is 444. The van der Waals surface area contributed by atoms with Gasteiger partial charge in [0.2, 0.25) is 5.91 Å². The van der Waals surface area contributed by atoms with E-state index in [-0.39, 0.29) is 17.9 Å². The highest BCUT2D eigenvalue weighted by atomic mass is 16.2. The highest BCUT2D eigenvalue weighted by molar-refractivity contribution is 5.79. The summed E-state index contributed by atoms with van der Waals surface area (Å²) in [4.78, 5) is 14.4. The van der Waals surface area contributed by atoms with Gasteiger partial charge in [-0.2, -0.15) is 0 Å². The molecule has 3 unspecified atom stereocenters. The van der Waals surface area contributed by atoms with Crippen LogP contribution in [0, 0.1) is 11.8 Å². The van der Waals surface area contributed by atoms with Crippen LogP contribution in [-0.4, -0.2) is 29.9 Å². The number of amides is 1. The second kappa shape index (κ2) is 6.40. The first kappa shape index (κ1) is 15.0. The lowest BCUT2D eigenvalue weighted by molar-refractivity contribution is -0.137. The van der Waals surface area contributed by atoms with E-state index in [0.717, 1.165) is 13.0 Å². The fourth-order valence-corrected chi connectivity index (χ4v) is 2.87. The molecule has 110 valence electrons. The fourth-order valence-electron chi connectivity index (χ4n) is 2.87. The number of hydrogen-bond acceptors (Lipinski definition) is 2. The van der Waals surface area contributed by atoms with Gasteiger partial charge in [0.1, 0.15) is 0 Å². The third-order valence-electron chi connectivity index (χ3n) is 4.59. The van der Waals surface area contributed by atoms with Gasteiger partial charge in [-0.05, 0) is 17.9 Å². The molecule has 0 saturated carbocycles. The molecule has 1 saturated heterocycles. The third kappa shape index (κ3) is 3.21. The standard InChI is InChI=1S/C17H26N2O/c1-12(2)13(3)17(20)19-10-9-15(16(18)11-19)14-7-5-4-6-8-14/h4-8,12-13,15-16H,9-11,18H2,1-3H3. The SMILES string of the molecule is CC(C)C(C)C(=O)N1CCC(c2ccccc2)C(N)C1. The van der Waals surface area contributed by atoms with Gasteiger partial charge in [-0.3, -0.25) is 4.79 Å². The van der Waals surface area contributed by atoms with Crippen LogP contribution in [-0.2, 0) is 4.79 Å². The number of piperidine rings is 1. The molecular weight excluding hydrogens is 248 g/mol. The minimum absolute atomic E-state index is 0.0365. The Balaban J connectivity index is 2.01. The number of likely N-dealkylation sites (tertiary alicyclic amines) is 1. The Morgan fingerprint density at radius 1 is 1.25 bits per heavy atom. The van der Waals surface area contributed by atoms with Gasteiger partial charge in [0.25, 0.3) is 0 Å². The molecule has 0 aliphatic carbocycles. The van der Waals surface area contributed by atoms with Gasteiger partial charge < -0.3 is 10.6 Å². The first-order valence-electron chi connectivity index (χ1n) is 7.60. The summed E-state index contributed by atoms with van der Waals surface area (Å²) in [6, 6.07) is 10.4. The second-order valence-corrected chi connectivity index (χ2v) is 6.29. The summed E-state index contributed by atoms with van der Waals surface area (Å²) in [5.74, 6) is 1.08. The first-order valence-corrected chi connectivity index (χ1v) is 7.60. The second-order valence-electron chi connectivity index (χ2n) is 6.29. The predicted octanol–water partition coefficient (Wildman–Crippen LogP) is 2.62. The number of carbonyl (C=O) groups excluding carboxylic acids is 1. The zero-order valence-electron chi connectivity index (χ0n) is 12.8. The molecule has 2 rings (SSSR count). The molecule has 3 nitrogen and oxygen atoms in total. The van der Waals surface area contributed by atoms with Crippen molar-refractivity contribution in [2.75, 3.05) is 13.1 Å². The quantitative estimate of drug-likeness (QED) is 0.921. The molecule has 1 heterocycles. The van der Waals surface area contributed by atoms with E-state index in [4.69, 9.17) is 5.73 Å². The van der Waals surface area contributed by atoms with Crippen LogP contribution in [0.5, 0.6) is 0 Å². The van der Waals surface area contributed by atoms with Crippen molar-refractivity contribution in [2.24, 2.45) is 17.6 Å². The van der Waals surface area contributed by atoms with Gasteiger partial charge in [0, 0.05) is 31.0 Å². The van der Waals surface area contributed by atoms with E-state index >= 15 is 0 Å². The molecule has 0 bridgehead atoms. The van der Waals surface area contributed by atoms with E-state index in [1.165, 1.54) is 5.56 Å². The maximum atomic E-state index is 12.4. The Morgan fingerprint density at radius 3 is 2.45 bits per heavy atom. The summed E-state index contributed by atoms with van der Waals surface area (Å²) in [5.41, 5.74) is 7.62. The average Bonchev–Trinajstić information content (AvgIpc) is 2.46. The molecule has 1 aromatic rings.